The van der Waals surface area contributed by atoms with E-state index in [2.05, 4.69) is 11.0 Å². The van der Waals surface area contributed by atoms with Gasteiger partial charge < -0.3 is 4.90 Å². The van der Waals surface area contributed by atoms with E-state index in [0.29, 0.717) is 6.04 Å². The number of hydrogen-bond acceptors (Lipinski definition) is 2. The third-order valence-electron chi connectivity index (χ3n) is 3.19. The molecule has 3 heteroatoms. The molecule has 0 aromatic heterocycles. The molecule has 0 unspecified atom stereocenters. The van der Waals surface area contributed by atoms with Gasteiger partial charge in [-0.2, -0.15) is 0 Å². The predicted octanol–water partition coefficient (Wildman–Crippen LogP) is 2.40. The van der Waals surface area contributed by atoms with Crippen molar-refractivity contribution in [2.75, 3.05) is 12.3 Å². The average Bonchev–Trinajstić information content (AvgIpc) is 2.69. The maximum atomic E-state index is 12.2. The van der Waals surface area contributed by atoms with Crippen LogP contribution < -0.4 is 0 Å². The summed E-state index contributed by atoms with van der Waals surface area (Å²) in [6.07, 6.45) is 2.34. The van der Waals surface area contributed by atoms with Crippen molar-refractivity contribution >= 4 is 17.7 Å². The van der Waals surface area contributed by atoms with Crippen LogP contribution in [0.15, 0.2) is 29.2 Å². The summed E-state index contributed by atoms with van der Waals surface area (Å²) in [5.41, 5.74) is 0.895. The predicted molar refractivity (Wildman–Crippen MR) is 61.2 cm³/mol. The van der Waals surface area contributed by atoms with Crippen LogP contribution in [0.1, 0.15) is 23.2 Å². The Morgan fingerprint density at radius 3 is 3.13 bits per heavy atom. The third kappa shape index (κ3) is 1.46. The number of nitrogens with zero attached hydrogens (tertiary/aromatic N) is 1. The Kier molecular flexibility index (Phi) is 2.20. The first-order valence-corrected chi connectivity index (χ1v) is 6.37. The molecule has 1 atom stereocenters. The van der Waals surface area contributed by atoms with Crippen LogP contribution in [0, 0.1) is 0 Å². The monoisotopic (exact) mass is 219 g/mol. The van der Waals surface area contributed by atoms with E-state index >= 15 is 0 Å². The zero-order valence-corrected chi connectivity index (χ0v) is 9.30. The van der Waals surface area contributed by atoms with Gasteiger partial charge in [-0.25, -0.2) is 0 Å². The Morgan fingerprint density at radius 2 is 2.20 bits per heavy atom. The molecule has 0 radical (unpaired) electrons. The normalized spacial score (nSPS) is 24.7. The van der Waals surface area contributed by atoms with Gasteiger partial charge in [0.05, 0.1) is 5.56 Å². The lowest BCUT2D eigenvalue weighted by Gasteiger charge is -2.21. The first-order chi connectivity index (χ1) is 7.36. The summed E-state index contributed by atoms with van der Waals surface area (Å²) in [4.78, 5) is 15.4. The fourth-order valence-electron chi connectivity index (χ4n) is 2.39. The van der Waals surface area contributed by atoms with Gasteiger partial charge in [0.25, 0.3) is 5.91 Å². The van der Waals surface area contributed by atoms with Crippen molar-refractivity contribution in [3.8, 4) is 0 Å². The maximum absolute atomic E-state index is 12.2. The highest BCUT2D eigenvalue weighted by atomic mass is 32.2. The molecule has 1 aromatic rings. The van der Waals surface area contributed by atoms with Gasteiger partial charge in [-0.3, -0.25) is 4.79 Å². The molecule has 1 saturated heterocycles. The highest BCUT2D eigenvalue weighted by molar-refractivity contribution is 7.99. The number of carbonyl (C=O) groups is 1. The minimum atomic E-state index is 0.234. The summed E-state index contributed by atoms with van der Waals surface area (Å²) in [5.74, 6) is 1.29. The second-order valence-electron chi connectivity index (χ2n) is 4.10. The SMILES string of the molecule is O=C1c2ccccc2SC[C@H]2CCCN12. The molecule has 1 amide bonds. The van der Waals surface area contributed by atoms with E-state index in [1.54, 1.807) is 0 Å². The highest BCUT2D eigenvalue weighted by Gasteiger charge is 2.33. The molecule has 2 aliphatic rings. The quantitative estimate of drug-likeness (QED) is 0.668. The molecule has 1 fully saturated rings. The smallest absolute Gasteiger partial charge is 0.255 e. The molecule has 0 bridgehead atoms. The van der Waals surface area contributed by atoms with E-state index in [1.807, 2.05) is 30.0 Å². The molecular formula is C12H13NOS. The van der Waals surface area contributed by atoms with E-state index in [9.17, 15) is 4.79 Å². The lowest BCUT2D eigenvalue weighted by Crippen LogP contribution is -2.35. The number of amides is 1. The maximum Gasteiger partial charge on any atom is 0.255 e. The number of rotatable bonds is 0. The molecule has 0 spiro atoms. The Bertz CT molecular complexity index is 404. The number of carbonyl (C=O) groups excluding carboxylic acids is 1. The minimum absolute atomic E-state index is 0.234. The molecular weight excluding hydrogens is 206 g/mol. The van der Waals surface area contributed by atoms with Gasteiger partial charge >= 0.3 is 0 Å². The summed E-state index contributed by atoms with van der Waals surface area (Å²) in [7, 11) is 0. The Balaban J connectivity index is 2.04. The summed E-state index contributed by atoms with van der Waals surface area (Å²) >= 11 is 1.83. The fourth-order valence-corrected chi connectivity index (χ4v) is 3.59. The van der Waals surface area contributed by atoms with Crippen LogP contribution in [0.5, 0.6) is 0 Å². The summed E-state index contributed by atoms with van der Waals surface area (Å²) in [6, 6.07) is 8.43. The molecule has 15 heavy (non-hydrogen) atoms. The largest absolute Gasteiger partial charge is 0.335 e. The molecule has 0 aliphatic carbocycles. The van der Waals surface area contributed by atoms with Gasteiger partial charge in [0.1, 0.15) is 0 Å². The molecule has 2 nitrogen and oxygen atoms in total. The topological polar surface area (TPSA) is 20.3 Å². The van der Waals surface area contributed by atoms with Crippen molar-refractivity contribution in [1.82, 2.24) is 4.90 Å². The van der Waals surface area contributed by atoms with Crippen LogP contribution in [0.4, 0.5) is 0 Å². The molecule has 0 saturated carbocycles. The molecule has 1 aromatic carbocycles. The van der Waals surface area contributed by atoms with E-state index < -0.39 is 0 Å². The number of hydrogen-bond donors (Lipinski definition) is 0. The molecule has 2 heterocycles. The van der Waals surface area contributed by atoms with Crippen molar-refractivity contribution in [2.24, 2.45) is 0 Å². The molecule has 78 valence electrons. The van der Waals surface area contributed by atoms with Crippen LogP contribution in [0.2, 0.25) is 0 Å². The van der Waals surface area contributed by atoms with E-state index in [0.717, 1.165) is 22.8 Å². The second kappa shape index (κ2) is 3.56. The first-order valence-electron chi connectivity index (χ1n) is 5.39. The van der Waals surface area contributed by atoms with E-state index in [1.165, 1.54) is 12.8 Å². The van der Waals surface area contributed by atoms with Crippen molar-refractivity contribution < 1.29 is 4.79 Å². The minimum Gasteiger partial charge on any atom is -0.335 e. The standard InChI is InChI=1S/C12H13NOS/c14-12-10-5-1-2-6-11(10)15-8-9-4-3-7-13(9)12/h1-2,5-6,9H,3-4,7-8H2/t9-/m1/s1. The average molecular weight is 219 g/mol. The van der Waals surface area contributed by atoms with Gasteiger partial charge in [0.15, 0.2) is 0 Å². The van der Waals surface area contributed by atoms with Crippen LogP contribution in [0.3, 0.4) is 0 Å². The van der Waals surface area contributed by atoms with Gasteiger partial charge in [-0.15, -0.1) is 11.8 Å². The number of fused-ring (bicyclic) bond motifs is 2. The van der Waals surface area contributed by atoms with Crippen molar-refractivity contribution in [1.29, 1.82) is 0 Å². The summed E-state index contributed by atoms with van der Waals surface area (Å²) in [5, 5.41) is 0. The van der Waals surface area contributed by atoms with Crippen LogP contribution >= 0.6 is 11.8 Å². The van der Waals surface area contributed by atoms with Crippen molar-refractivity contribution in [3.05, 3.63) is 29.8 Å². The van der Waals surface area contributed by atoms with Gasteiger partial charge in [-0.05, 0) is 25.0 Å². The van der Waals surface area contributed by atoms with Crippen LogP contribution in [-0.2, 0) is 0 Å². The summed E-state index contributed by atoms with van der Waals surface area (Å²) < 4.78 is 0. The molecule has 0 N–H and O–H groups in total. The third-order valence-corrected chi connectivity index (χ3v) is 4.41. The van der Waals surface area contributed by atoms with Crippen LogP contribution in [-0.4, -0.2) is 29.1 Å². The lowest BCUT2D eigenvalue weighted by molar-refractivity contribution is 0.0749. The number of benzene rings is 1. The van der Waals surface area contributed by atoms with Gasteiger partial charge in [0.2, 0.25) is 0 Å². The van der Waals surface area contributed by atoms with Gasteiger partial charge in [0, 0.05) is 23.2 Å². The number of thioether (sulfide) groups is 1. The van der Waals surface area contributed by atoms with Crippen LogP contribution in [0.25, 0.3) is 0 Å². The first kappa shape index (κ1) is 9.28. The van der Waals surface area contributed by atoms with E-state index in [4.69, 9.17) is 0 Å². The second-order valence-corrected chi connectivity index (χ2v) is 5.16. The Morgan fingerprint density at radius 1 is 1.33 bits per heavy atom. The lowest BCUT2D eigenvalue weighted by atomic mass is 10.2. The Labute approximate surface area is 93.7 Å². The highest BCUT2D eigenvalue weighted by Crippen LogP contribution is 2.33. The van der Waals surface area contributed by atoms with Crippen molar-refractivity contribution in [2.45, 2.75) is 23.8 Å². The Hall–Kier alpha value is -0.960. The van der Waals surface area contributed by atoms with E-state index in [-0.39, 0.29) is 5.91 Å². The van der Waals surface area contributed by atoms with Gasteiger partial charge in [-0.1, -0.05) is 12.1 Å². The fraction of sp³-hybridized carbons (Fsp3) is 0.417. The molecule has 2 aliphatic heterocycles. The molecule has 3 rings (SSSR count). The summed E-state index contributed by atoms with van der Waals surface area (Å²) in [6.45, 7) is 0.943. The zero-order valence-electron chi connectivity index (χ0n) is 8.48. The zero-order chi connectivity index (χ0) is 10.3. The van der Waals surface area contributed by atoms with Crippen molar-refractivity contribution in [3.63, 3.8) is 0 Å².